The molecule has 0 spiro atoms. The molecule has 0 bridgehead atoms. The van der Waals surface area contributed by atoms with Crippen LogP contribution in [0.25, 0.3) is 0 Å². The summed E-state index contributed by atoms with van der Waals surface area (Å²) in [5.41, 5.74) is 1.10. The molecule has 16 heavy (non-hydrogen) atoms. The monoisotopic (exact) mass is 237 g/mol. The summed E-state index contributed by atoms with van der Waals surface area (Å²) in [6, 6.07) is 7.50. The van der Waals surface area contributed by atoms with Gasteiger partial charge in [-0.15, -0.1) is 12.6 Å². The zero-order valence-electron chi connectivity index (χ0n) is 8.97. The van der Waals surface area contributed by atoms with Gasteiger partial charge in [-0.25, -0.2) is 0 Å². The zero-order valence-corrected chi connectivity index (χ0v) is 9.86. The first kappa shape index (κ1) is 11.5. The molecule has 1 heterocycles. The number of carboxylic acid groups (broad SMARTS) is 1. The van der Waals surface area contributed by atoms with Gasteiger partial charge in [0.15, 0.2) is 0 Å². The summed E-state index contributed by atoms with van der Waals surface area (Å²) < 4.78 is 0. The predicted octanol–water partition coefficient (Wildman–Crippen LogP) is 2.02. The van der Waals surface area contributed by atoms with E-state index in [1.807, 2.05) is 29.2 Å². The van der Waals surface area contributed by atoms with Crippen molar-refractivity contribution < 1.29 is 9.90 Å². The molecule has 2 rings (SSSR count). The third-order valence-corrected chi connectivity index (χ3v) is 3.45. The Balaban J connectivity index is 2.10. The van der Waals surface area contributed by atoms with Gasteiger partial charge < -0.3 is 5.11 Å². The van der Waals surface area contributed by atoms with E-state index in [2.05, 4.69) is 12.6 Å². The van der Waals surface area contributed by atoms with Crippen LogP contribution in [0.15, 0.2) is 29.2 Å². The highest BCUT2D eigenvalue weighted by molar-refractivity contribution is 7.80. The van der Waals surface area contributed by atoms with Crippen LogP contribution in [0.5, 0.6) is 0 Å². The molecule has 0 aliphatic carbocycles. The molecule has 1 aromatic carbocycles. The van der Waals surface area contributed by atoms with Gasteiger partial charge in [-0.2, -0.15) is 0 Å². The first-order chi connectivity index (χ1) is 7.68. The highest BCUT2D eigenvalue weighted by atomic mass is 32.1. The number of benzene rings is 1. The molecule has 0 saturated carbocycles. The van der Waals surface area contributed by atoms with Gasteiger partial charge in [0.1, 0.15) is 6.04 Å². The summed E-state index contributed by atoms with van der Waals surface area (Å²) in [4.78, 5) is 14.0. The van der Waals surface area contributed by atoms with E-state index in [-0.39, 0.29) is 6.04 Å². The largest absolute Gasteiger partial charge is 0.480 e. The van der Waals surface area contributed by atoms with Gasteiger partial charge in [0.25, 0.3) is 0 Å². The van der Waals surface area contributed by atoms with Crippen LogP contribution in [0.4, 0.5) is 0 Å². The van der Waals surface area contributed by atoms with E-state index in [1.165, 1.54) is 0 Å². The van der Waals surface area contributed by atoms with Crippen LogP contribution in [0.1, 0.15) is 18.4 Å². The van der Waals surface area contributed by atoms with Crippen molar-refractivity contribution in [1.82, 2.24) is 4.90 Å². The lowest BCUT2D eigenvalue weighted by Crippen LogP contribution is -2.35. The Kier molecular flexibility index (Phi) is 3.51. The maximum atomic E-state index is 11.0. The van der Waals surface area contributed by atoms with Crippen LogP contribution in [-0.4, -0.2) is 28.6 Å². The predicted molar refractivity (Wildman–Crippen MR) is 64.8 cm³/mol. The van der Waals surface area contributed by atoms with Gasteiger partial charge in [-0.3, -0.25) is 9.69 Å². The van der Waals surface area contributed by atoms with Crippen LogP contribution in [0.3, 0.4) is 0 Å². The summed E-state index contributed by atoms with van der Waals surface area (Å²) >= 11 is 4.38. The van der Waals surface area contributed by atoms with E-state index >= 15 is 0 Å². The number of thiol groups is 1. The number of carbonyl (C=O) groups is 1. The number of aliphatic carboxylic acids is 1. The maximum Gasteiger partial charge on any atom is 0.320 e. The lowest BCUT2D eigenvalue weighted by Gasteiger charge is -2.21. The molecule has 1 N–H and O–H groups in total. The van der Waals surface area contributed by atoms with Crippen LogP contribution in [-0.2, 0) is 11.3 Å². The molecule has 4 heteroatoms. The number of hydrogen-bond acceptors (Lipinski definition) is 3. The zero-order chi connectivity index (χ0) is 11.5. The Morgan fingerprint density at radius 2 is 2.25 bits per heavy atom. The molecule has 1 saturated heterocycles. The lowest BCUT2D eigenvalue weighted by atomic mass is 10.2. The highest BCUT2D eigenvalue weighted by Crippen LogP contribution is 2.22. The second-order valence-electron chi connectivity index (χ2n) is 4.10. The van der Waals surface area contributed by atoms with Crippen molar-refractivity contribution in [3.63, 3.8) is 0 Å². The van der Waals surface area contributed by atoms with Crippen molar-refractivity contribution in [2.75, 3.05) is 6.54 Å². The fourth-order valence-electron chi connectivity index (χ4n) is 2.16. The topological polar surface area (TPSA) is 40.5 Å². The third kappa shape index (κ3) is 2.39. The second-order valence-corrected chi connectivity index (χ2v) is 4.58. The average molecular weight is 237 g/mol. The molecule has 0 aromatic heterocycles. The van der Waals surface area contributed by atoms with E-state index in [0.717, 1.165) is 29.8 Å². The Morgan fingerprint density at radius 1 is 1.50 bits per heavy atom. The smallest absolute Gasteiger partial charge is 0.320 e. The highest BCUT2D eigenvalue weighted by Gasteiger charge is 2.30. The van der Waals surface area contributed by atoms with Gasteiger partial charge in [-0.05, 0) is 31.0 Å². The molecule has 86 valence electrons. The molecule has 1 aliphatic heterocycles. The fraction of sp³-hybridized carbons (Fsp3) is 0.417. The van der Waals surface area contributed by atoms with E-state index in [1.54, 1.807) is 0 Å². The molecule has 1 aromatic rings. The van der Waals surface area contributed by atoms with E-state index in [0.29, 0.717) is 6.54 Å². The first-order valence-corrected chi connectivity index (χ1v) is 5.87. The van der Waals surface area contributed by atoms with Gasteiger partial charge in [0, 0.05) is 11.4 Å². The molecule has 1 atom stereocenters. The number of rotatable bonds is 3. The lowest BCUT2D eigenvalue weighted by molar-refractivity contribution is -0.142. The van der Waals surface area contributed by atoms with E-state index < -0.39 is 5.97 Å². The van der Waals surface area contributed by atoms with Crippen molar-refractivity contribution in [3.05, 3.63) is 29.8 Å². The summed E-state index contributed by atoms with van der Waals surface area (Å²) in [6.07, 6.45) is 1.72. The molecular formula is C12H15NO2S. The van der Waals surface area contributed by atoms with Crippen LogP contribution >= 0.6 is 12.6 Å². The Labute approximate surface area is 100 Å². The number of nitrogens with zero attached hydrogens (tertiary/aromatic N) is 1. The third-order valence-electron chi connectivity index (χ3n) is 3.01. The van der Waals surface area contributed by atoms with Gasteiger partial charge in [-0.1, -0.05) is 18.2 Å². The molecule has 0 amide bonds. The number of carboxylic acids is 1. The van der Waals surface area contributed by atoms with Crippen molar-refractivity contribution >= 4 is 18.6 Å². The quantitative estimate of drug-likeness (QED) is 0.790. The van der Waals surface area contributed by atoms with Crippen LogP contribution < -0.4 is 0 Å². The van der Waals surface area contributed by atoms with E-state index in [9.17, 15) is 4.79 Å². The summed E-state index contributed by atoms with van der Waals surface area (Å²) in [5, 5.41) is 9.07. The number of hydrogen-bond donors (Lipinski definition) is 2. The van der Waals surface area contributed by atoms with Crippen molar-refractivity contribution in [2.45, 2.75) is 30.3 Å². The number of likely N-dealkylation sites (tertiary alicyclic amines) is 1. The summed E-state index contributed by atoms with van der Waals surface area (Å²) in [7, 11) is 0. The maximum absolute atomic E-state index is 11.0. The molecule has 3 nitrogen and oxygen atoms in total. The minimum atomic E-state index is -0.714. The standard InChI is InChI=1S/C12H15NO2S/c14-12(15)10-5-3-7-13(10)8-9-4-1-2-6-11(9)16/h1-2,4,6,10,16H,3,5,7-8H2,(H,14,15)/t10-/m0/s1. The molecular weight excluding hydrogens is 222 g/mol. The minimum Gasteiger partial charge on any atom is -0.480 e. The molecule has 1 fully saturated rings. The van der Waals surface area contributed by atoms with Gasteiger partial charge in [0.2, 0.25) is 0 Å². The summed E-state index contributed by atoms with van der Waals surface area (Å²) in [5.74, 6) is -0.714. The van der Waals surface area contributed by atoms with E-state index in [4.69, 9.17) is 5.11 Å². The Hall–Kier alpha value is -1.00. The van der Waals surface area contributed by atoms with Gasteiger partial charge in [0.05, 0.1) is 0 Å². The molecule has 0 radical (unpaired) electrons. The normalized spacial score (nSPS) is 21.2. The first-order valence-electron chi connectivity index (χ1n) is 5.42. The molecule has 1 aliphatic rings. The van der Waals surface area contributed by atoms with Crippen LogP contribution in [0, 0.1) is 0 Å². The van der Waals surface area contributed by atoms with Crippen molar-refractivity contribution in [3.8, 4) is 0 Å². The van der Waals surface area contributed by atoms with Crippen LogP contribution in [0.2, 0.25) is 0 Å². The average Bonchev–Trinajstić information content (AvgIpc) is 2.69. The summed E-state index contributed by atoms with van der Waals surface area (Å²) in [6.45, 7) is 1.54. The Bertz CT molecular complexity index is 394. The van der Waals surface area contributed by atoms with Crippen molar-refractivity contribution in [1.29, 1.82) is 0 Å². The Morgan fingerprint density at radius 3 is 2.94 bits per heavy atom. The minimum absolute atomic E-state index is 0.326. The van der Waals surface area contributed by atoms with Gasteiger partial charge >= 0.3 is 5.97 Å². The van der Waals surface area contributed by atoms with Crippen molar-refractivity contribution in [2.24, 2.45) is 0 Å². The molecule has 0 unspecified atom stereocenters. The SMILES string of the molecule is O=C(O)[C@@H]1CCCN1Cc1ccccc1S. The second kappa shape index (κ2) is 4.89. The fourth-order valence-corrected chi connectivity index (χ4v) is 2.39.